The summed E-state index contributed by atoms with van der Waals surface area (Å²) in [7, 11) is -2.16. The van der Waals surface area contributed by atoms with Crippen LogP contribution in [0.1, 0.15) is 19.4 Å². The molecule has 2 aromatic carbocycles. The molecule has 176 valence electrons. The fourth-order valence-corrected chi connectivity index (χ4v) is 5.75. The van der Waals surface area contributed by atoms with Gasteiger partial charge in [0, 0.05) is 0 Å². The molecule has 2 N–H and O–H groups in total. The Bertz CT molecular complexity index is 1270. The number of para-hydroxylation sites is 1. The average molecular weight is 507 g/mol. The van der Waals surface area contributed by atoms with Gasteiger partial charge in [-0.15, -0.1) is 0 Å². The number of ether oxygens (including phenoxy) is 1. The summed E-state index contributed by atoms with van der Waals surface area (Å²) in [6.07, 6.45) is 1.46. The topological polar surface area (TPSA) is 93.2 Å². The van der Waals surface area contributed by atoms with E-state index >= 15 is 0 Å². The molecule has 1 heterocycles. The number of anilines is 4. The van der Waals surface area contributed by atoms with Gasteiger partial charge in [0.15, 0.2) is 15.7 Å². The molecule has 7 nitrogen and oxygen atoms in total. The number of rotatable bonds is 8. The van der Waals surface area contributed by atoms with Crippen molar-refractivity contribution in [3.8, 4) is 5.75 Å². The monoisotopic (exact) mass is 506 g/mol. The molecule has 3 rings (SSSR count). The molecule has 0 radical (unpaired) electrons. The van der Waals surface area contributed by atoms with E-state index in [9.17, 15) is 8.42 Å². The van der Waals surface area contributed by atoms with Crippen molar-refractivity contribution < 1.29 is 13.2 Å². The lowest BCUT2D eigenvalue weighted by Crippen LogP contribution is -2.15. The lowest BCUT2D eigenvalue weighted by molar-refractivity contribution is 0.417. The molecule has 0 saturated heterocycles. The minimum Gasteiger partial charge on any atom is -0.495 e. The lowest BCUT2D eigenvalue weighted by atomic mass is 10.2. The molecule has 10 heteroatoms. The first kappa shape index (κ1) is 25.2. The van der Waals surface area contributed by atoms with Crippen LogP contribution in [0.3, 0.4) is 0 Å². The predicted octanol–water partition coefficient (Wildman–Crippen LogP) is 5.48. The van der Waals surface area contributed by atoms with E-state index in [4.69, 9.17) is 16.3 Å². The molecule has 0 bridgehead atoms. The Kier molecular flexibility index (Phi) is 7.83. The van der Waals surface area contributed by atoms with E-state index in [0.29, 0.717) is 23.2 Å². The Morgan fingerprint density at radius 3 is 2.42 bits per heavy atom. The molecule has 0 unspecified atom stereocenters. The number of methoxy groups -OCH3 is 1. The molecule has 0 aliphatic carbocycles. The predicted molar refractivity (Wildman–Crippen MR) is 139 cm³/mol. The number of halogens is 1. The molecule has 0 aliphatic heterocycles. The van der Waals surface area contributed by atoms with Crippen LogP contribution in [0, 0.1) is 6.92 Å². The number of hydrogen-bond acceptors (Lipinski definition) is 7. The Hall–Kier alpha value is -2.41. The van der Waals surface area contributed by atoms with Crippen LogP contribution in [0.15, 0.2) is 47.5 Å². The third-order valence-corrected chi connectivity index (χ3v) is 8.99. The first-order chi connectivity index (χ1) is 15.5. The summed E-state index contributed by atoms with van der Waals surface area (Å²) < 4.78 is 31.1. The summed E-state index contributed by atoms with van der Waals surface area (Å²) >= 11 is 6.33. The van der Waals surface area contributed by atoms with Crippen LogP contribution >= 0.6 is 19.5 Å². The molecule has 0 atom stereocenters. The van der Waals surface area contributed by atoms with E-state index in [1.165, 1.54) is 11.5 Å². The van der Waals surface area contributed by atoms with E-state index in [0.717, 1.165) is 11.3 Å². The average Bonchev–Trinajstić information content (AvgIpc) is 2.76. The molecule has 0 aliphatic rings. The maximum atomic E-state index is 12.8. The van der Waals surface area contributed by atoms with Gasteiger partial charge in [-0.1, -0.05) is 31.7 Å². The lowest BCUT2D eigenvalue weighted by Gasteiger charge is -2.17. The van der Waals surface area contributed by atoms with Gasteiger partial charge in [0.05, 0.1) is 34.8 Å². The second kappa shape index (κ2) is 10.2. The van der Waals surface area contributed by atoms with Gasteiger partial charge in [-0.2, -0.15) is 4.98 Å². The fraction of sp³-hybridized carbons (Fsp3) is 0.304. The highest BCUT2D eigenvalue weighted by molar-refractivity contribution is 7.92. The first-order valence-electron chi connectivity index (χ1n) is 10.3. The highest BCUT2D eigenvalue weighted by atomic mass is 35.5. The van der Waals surface area contributed by atoms with E-state index in [1.807, 2.05) is 12.1 Å². The minimum atomic E-state index is -3.50. The van der Waals surface area contributed by atoms with Gasteiger partial charge in [-0.25, -0.2) is 13.4 Å². The highest BCUT2D eigenvalue weighted by Gasteiger charge is 2.23. The zero-order chi connectivity index (χ0) is 24.3. The summed E-state index contributed by atoms with van der Waals surface area (Å²) in [5.41, 5.74) is 2.27. The second-order valence-corrected chi connectivity index (χ2v) is 13.1. The SMILES string of the molecule is COc1cc(P(C)C)c(C)cc1Nc1ncc(Cl)c(Nc2ccccc2S(=O)(=O)C(C)C)n1. The van der Waals surface area contributed by atoms with Crippen LogP contribution < -0.4 is 20.7 Å². The minimum absolute atomic E-state index is 0.188. The van der Waals surface area contributed by atoms with Gasteiger partial charge in [0.1, 0.15) is 10.8 Å². The van der Waals surface area contributed by atoms with Crippen molar-refractivity contribution in [1.82, 2.24) is 9.97 Å². The van der Waals surface area contributed by atoms with E-state index in [-0.39, 0.29) is 17.8 Å². The van der Waals surface area contributed by atoms with Gasteiger partial charge in [0.25, 0.3) is 0 Å². The zero-order valence-electron chi connectivity index (χ0n) is 19.5. The third kappa shape index (κ3) is 5.57. The van der Waals surface area contributed by atoms with Crippen molar-refractivity contribution in [3.05, 3.63) is 53.2 Å². The number of benzene rings is 2. The van der Waals surface area contributed by atoms with Gasteiger partial charge in [-0.05, 0) is 69.2 Å². The smallest absolute Gasteiger partial charge is 0.229 e. The summed E-state index contributed by atoms with van der Waals surface area (Å²) in [5.74, 6) is 1.28. The van der Waals surface area contributed by atoms with Crippen LogP contribution in [0.4, 0.5) is 23.1 Å². The quantitative estimate of drug-likeness (QED) is 0.390. The van der Waals surface area contributed by atoms with Crippen LogP contribution in [-0.4, -0.2) is 44.1 Å². The molecule has 0 fully saturated rings. The van der Waals surface area contributed by atoms with Gasteiger partial charge < -0.3 is 15.4 Å². The summed E-state index contributed by atoms with van der Waals surface area (Å²) in [6, 6.07) is 10.7. The summed E-state index contributed by atoms with van der Waals surface area (Å²) in [5, 5.41) is 7.21. The Morgan fingerprint density at radius 2 is 1.79 bits per heavy atom. The van der Waals surface area contributed by atoms with Crippen LogP contribution in [0.2, 0.25) is 5.02 Å². The molecule has 33 heavy (non-hydrogen) atoms. The number of sulfone groups is 1. The molecule has 0 saturated carbocycles. The first-order valence-corrected chi connectivity index (χ1v) is 14.5. The van der Waals surface area contributed by atoms with Crippen molar-refractivity contribution in [3.63, 3.8) is 0 Å². The Labute approximate surface area is 201 Å². The summed E-state index contributed by atoms with van der Waals surface area (Å²) in [4.78, 5) is 8.94. The fourth-order valence-electron chi connectivity index (χ4n) is 3.26. The molecular weight excluding hydrogens is 479 g/mol. The van der Waals surface area contributed by atoms with Crippen molar-refractivity contribution in [2.45, 2.75) is 30.9 Å². The van der Waals surface area contributed by atoms with Gasteiger partial charge >= 0.3 is 0 Å². The number of nitrogens with zero attached hydrogens (tertiary/aromatic N) is 2. The van der Waals surface area contributed by atoms with Crippen molar-refractivity contribution in [2.24, 2.45) is 0 Å². The Balaban J connectivity index is 1.97. The van der Waals surface area contributed by atoms with E-state index in [1.54, 1.807) is 45.2 Å². The molecular formula is C23H28ClN4O3PS. The highest BCUT2D eigenvalue weighted by Crippen LogP contribution is 2.35. The van der Waals surface area contributed by atoms with Crippen LogP contribution in [-0.2, 0) is 9.84 Å². The van der Waals surface area contributed by atoms with Crippen LogP contribution in [0.5, 0.6) is 5.75 Å². The maximum absolute atomic E-state index is 12.8. The largest absolute Gasteiger partial charge is 0.495 e. The second-order valence-electron chi connectivity index (χ2n) is 7.96. The zero-order valence-corrected chi connectivity index (χ0v) is 21.9. The van der Waals surface area contributed by atoms with Crippen LogP contribution in [0.25, 0.3) is 0 Å². The summed E-state index contributed by atoms with van der Waals surface area (Å²) in [6.45, 7) is 9.74. The van der Waals surface area contributed by atoms with E-state index in [2.05, 4.69) is 40.9 Å². The molecule has 3 aromatic rings. The third-order valence-electron chi connectivity index (χ3n) is 5.06. The molecule has 0 amide bonds. The molecule has 1 aromatic heterocycles. The number of hydrogen-bond donors (Lipinski definition) is 2. The van der Waals surface area contributed by atoms with Gasteiger partial charge in [0.2, 0.25) is 5.95 Å². The number of aryl methyl sites for hydroxylation is 1. The molecule has 0 spiro atoms. The van der Waals surface area contributed by atoms with Crippen molar-refractivity contribution in [1.29, 1.82) is 0 Å². The van der Waals surface area contributed by atoms with Crippen molar-refractivity contribution >= 4 is 57.8 Å². The standard InChI is InChI=1S/C23H28ClN4O3PS/c1-14(2)33(29,30)21-10-8-7-9-17(21)26-22-16(24)13-25-23(28-22)27-18-11-15(3)20(32(5)6)12-19(18)31-4/h7-14H,1-6H3,(H2,25,26,27,28). The van der Waals surface area contributed by atoms with Crippen molar-refractivity contribution in [2.75, 3.05) is 31.1 Å². The Morgan fingerprint density at radius 1 is 1.09 bits per heavy atom. The van der Waals surface area contributed by atoms with Gasteiger partial charge in [-0.3, -0.25) is 0 Å². The normalized spacial score (nSPS) is 11.7. The number of nitrogens with one attached hydrogen (secondary N) is 2. The number of aromatic nitrogens is 2. The van der Waals surface area contributed by atoms with E-state index < -0.39 is 15.1 Å². The maximum Gasteiger partial charge on any atom is 0.229 e.